The van der Waals surface area contributed by atoms with Crippen molar-refractivity contribution in [1.29, 1.82) is 0 Å². The van der Waals surface area contributed by atoms with E-state index in [9.17, 15) is 0 Å². The molecule has 0 nitrogen and oxygen atoms in total. The Kier molecular flexibility index (Phi) is 42.8. The van der Waals surface area contributed by atoms with Gasteiger partial charge >= 0.3 is 23.1 Å². The third-order valence-electron chi connectivity index (χ3n) is 0.644. The number of unbranched alkanes of at least 4 members (excludes halogenated alkanes) is 1. The van der Waals surface area contributed by atoms with Crippen molar-refractivity contribution < 1.29 is 0 Å². The summed E-state index contributed by atoms with van der Waals surface area (Å²) in [5, 5.41) is 0. The second-order valence-electron chi connectivity index (χ2n) is 1.39. The van der Waals surface area contributed by atoms with E-state index in [-0.39, 0.29) is 23.1 Å². The molecule has 0 saturated heterocycles. The van der Waals surface area contributed by atoms with E-state index >= 15 is 0 Å². The van der Waals surface area contributed by atoms with E-state index in [0.29, 0.717) is 0 Å². The van der Waals surface area contributed by atoms with Gasteiger partial charge in [0, 0.05) is 0 Å². The Morgan fingerprint density at radius 3 is 1.78 bits per heavy atom. The van der Waals surface area contributed by atoms with Crippen molar-refractivity contribution in [3.05, 3.63) is 25.5 Å². The maximum atomic E-state index is 3.42. The molecule has 0 atom stereocenters. The fourth-order valence-corrected chi connectivity index (χ4v) is 0. The van der Waals surface area contributed by atoms with Gasteiger partial charge in [-0.2, -0.15) is 13.3 Å². The van der Waals surface area contributed by atoms with Crippen molar-refractivity contribution in [2.75, 3.05) is 0 Å². The Labute approximate surface area is 75.9 Å². The van der Waals surface area contributed by atoms with Crippen LogP contribution in [-0.2, 0) is 0 Å². The van der Waals surface area contributed by atoms with Crippen LogP contribution in [0.5, 0.6) is 0 Å². The summed E-state index contributed by atoms with van der Waals surface area (Å²) in [6.45, 7) is 9.54. The molecule has 0 radical (unpaired) electrons. The van der Waals surface area contributed by atoms with Crippen molar-refractivity contribution in [2.24, 2.45) is 0 Å². The normalized spacial score (nSPS) is 7.44. The molecule has 0 amide bonds. The first-order valence-corrected chi connectivity index (χ1v) is 3.01. The number of allylic oxidation sites excluding steroid dienone is 2. The molecule has 0 rings (SSSR count). The zero-order valence-corrected chi connectivity index (χ0v) is 8.27. The molecule has 0 unspecified atom stereocenters. The number of rotatable bonds is 1. The minimum atomic E-state index is 0. The number of hydrogen-bond acceptors (Lipinski definition) is 0. The molecule has 0 heterocycles. The molecule has 0 aromatic rings. The van der Waals surface area contributed by atoms with Crippen LogP contribution in [0.2, 0.25) is 0 Å². The summed E-state index contributed by atoms with van der Waals surface area (Å²) in [6, 6.07) is 0. The van der Waals surface area contributed by atoms with Gasteiger partial charge in [0.15, 0.2) is 0 Å². The molecule has 0 aliphatic carbocycles. The molecule has 0 fully saturated rings. The summed E-state index contributed by atoms with van der Waals surface area (Å²) >= 11 is 0. The molecular weight excluding hydrogens is 120 g/mol. The second-order valence-corrected chi connectivity index (χ2v) is 1.39. The Hall–Kier alpha value is 0.376. The van der Waals surface area contributed by atoms with Gasteiger partial charge in [0.2, 0.25) is 0 Å². The first-order valence-electron chi connectivity index (χ1n) is 3.01. The molecule has 0 aromatic carbocycles. The Bertz CT molecular complexity index is 33.8. The van der Waals surface area contributed by atoms with Gasteiger partial charge in [-0.15, -0.1) is 6.92 Å². The third-order valence-corrected chi connectivity index (χ3v) is 0.644. The molecule has 1 heteroatoms. The van der Waals surface area contributed by atoms with Gasteiger partial charge < -0.3 is 6.42 Å². The molecule has 0 bridgehead atoms. The van der Waals surface area contributed by atoms with Gasteiger partial charge in [0.25, 0.3) is 0 Å². The van der Waals surface area contributed by atoms with Gasteiger partial charge in [-0.1, -0.05) is 6.92 Å². The van der Waals surface area contributed by atoms with E-state index in [0.717, 1.165) is 0 Å². The van der Waals surface area contributed by atoms with Crippen molar-refractivity contribution in [3.8, 4) is 0 Å². The number of hydrogen-bond donors (Lipinski definition) is 0. The molecule has 0 spiro atoms. The smallest absolute Gasteiger partial charge is 0.332 e. The topological polar surface area (TPSA) is 0 Å². The average molecular weight is 137 g/mol. The first kappa shape index (κ1) is 16.2. The second kappa shape index (κ2) is 23.8. The molecule has 0 aliphatic heterocycles. The summed E-state index contributed by atoms with van der Waals surface area (Å²) in [5.41, 5.74) is 0. The zero-order chi connectivity index (χ0) is 6.83. The fraction of sp³-hybridized carbons (Fsp3) is 0.500. The predicted octanol–water partition coefficient (Wildman–Crippen LogP) is 2.64. The van der Waals surface area contributed by atoms with Crippen LogP contribution in [0.25, 0.3) is 0 Å². The van der Waals surface area contributed by atoms with Crippen LogP contribution in [0.1, 0.15) is 27.2 Å². The van der Waals surface area contributed by atoms with Crippen LogP contribution in [-0.4, -0.2) is 23.1 Å². The summed E-state index contributed by atoms with van der Waals surface area (Å²) in [4.78, 5) is 0. The van der Waals surface area contributed by atoms with E-state index in [1.807, 2.05) is 13.0 Å². The van der Waals surface area contributed by atoms with E-state index in [1.54, 1.807) is 6.08 Å². The third kappa shape index (κ3) is 60.3. The Morgan fingerprint density at radius 1 is 1.56 bits per heavy atom. The SMILES string of the molecule is C[CH-]CC.[CH2-]/C=C/C.[Mg+2]. The van der Waals surface area contributed by atoms with Crippen molar-refractivity contribution in [1.82, 2.24) is 0 Å². The van der Waals surface area contributed by atoms with E-state index in [1.165, 1.54) is 6.42 Å². The predicted molar refractivity (Wildman–Crippen MR) is 46.2 cm³/mol. The summed E-state index contributed by atoms with van der Waals surface area (Å²) in [6.07, 6.45) is 6.96. The van der Waals surface area contributed by atoms with Gasteiger partial charge in [-0.3, -0.25) is 0 Å². The molecule has 9 heavy (non-hydrogen) atoms. The quantitative estimate of drug-likeness (QED) is 0.384. The monoisotopic (exact) mass is 136 g/mol. The van der Waals surface area contributed by atoms with Crippen LogP contribution >= 0.6 is 0 Å². The van der Waals surface area contributed by atoms with Gasteiger partial charge in [-0.05, 0) is 0 Å². The minimum Gasteiger partial charge on any atom is -0.332 e. The fourth-order valence-electron chi connectivity index (χ4n) is 0. The maximum absolute atomic E-state index is 3.42. The van der Waals surface area contributed by atoms with Crippen LogP contribution in [0.15, 0.2) is 12.2 Å². The molecule has 0 saturated carbocycles. The summed E-state index contributed by atoms with van der Waals surface area (Å²) < 4.78 is 0. The van der Waals surface area contributed by atoms with Gasteiger partial charge in [0.1, 0.15) is 0 Å². The van der Waals surface area contributed by atoms with Crippen molar-refractivity contribution in [3.63, 3.8) is 0 Å². The molecule has 50 valence electrons. The Morgan fingerprint density at radius 2 is 1.78 bits per heavy atom. The van der Waals surface area contributed by atoms with Crippen molar-refractivity contribution >= 4 is 23.1 Å². The average Bonchev–Trinajstić information content (AvgIpc) is 1.88. The first-order chi connectivity index (χ1) is 3.83. The van der Waals surface area contributed by atoms with Crippen LogP contribution in [0.3, 0.4) is 0 Å². The van der Waals surface area contributed by atoms with Gasteiger partial charge in [0.05, 0.1) is 0 Å². The zero-order valence-electron chi connectivity index (χ0n) is 6.85. The van der Waals surface area contributed by atoms with Crippen molar-refractivity contribution in [2.45, 2.75) is 27.2 Å². The van der Waals surface area contributed by atoms with Gasteiger partial charge in [-0.25, -0.2) is 19.1 Å². The standard InChI is InChI=1S/C4H9.C4H7.Mg/c2*1-3-4-2;/h3H,4H2,1-2H3;3-4H,1H2,2H3;/q2*-1;+2/b;4-3+;. The molecule has 0 aromatic heterocycles. The summed E-state index contributed by atoms with van der Waals surface area (Å²) in [7, 11) is 0. The molecule has 0 aliphatic rings. The van der Waals surface area contributed by atoms with Crippen LogP contribution in [0, 0.1) is 13.3 Å². The molecular formula is C8H16Mg. The van der Waals surface area contributed by atoms with E-state index < -0.39 is 0 Å². The minimum absolute atomic E-state index is 0. The van der Waals surface area contributed by atoms with E-state index in [4.69, 9.17) is 0 Å². The Balaban J connectivity index is -0.0000000720. The summed E-state index contributed by atoms with van der Waals surface area (Å²) in [5.74, 6) is 0. The molecule has 0 N–H and O–H groups in total. The largest absolute Gasteiger partial charge is 2.00 e. The van der Waals surface area contributed by atoms with Crippen LogP contribution in [0.4, 0.5) is 0 Å². The maximum Gasteiger partial charge on any atom is 2.00 e. The van der Waals surface area contributed by atoms with E-state index in [2.05, 4.69) is 27.2 Å². The van der Waals surface area contributed by atoms with Crippen LogP contribution < -0.4 is 0 Å².